The van der Waals surface area contributed by atoms with Gasteiger partial charge < -0.3 is 4.18 Å². The molecule has 2 bridgehead atoms. The van der Waals surface area contributed by atoms with E-state index in [1.807, 2.05) is 0 Å². The zero-order valence-electron chi connectivity index (χ0n) is 24.1. The Hall–Kier alpha value is -2.54. The molecule has 17 heteroatoms. The Morgan fingerprint density at radius 1 is 0.771 bits per heavy atom. The van der Waals surface area contributed by atoms with Gasteiger partial charge >= 0.3 is 10.1 Å². The normalized spacial score (nSPS) is 25.8. The molecule has 0 spiro atoms. The zero-order chi connectivity index (χ0) is 35.1. The van der Waals surface area contributed by atoms with Crippen LogP contribution in [-0.2, 0) is 19.7 Å². The third-order valence-corrected chi connectivity index (χ3v) is 14.2. The molecule has 1 saturated carbocycles. The lowest BCUT2D eigenvalue weighted by molar-refractivity contribution is -0.154. The van der Waals surface area contributed by atoms with Crippen LogP contribution in [0.1, 0.15) is 26.3 Å². The number of Topliss-reactive ketones (excluding diaryl/α,β-unsaturated/α-hetero) is 1. The molecule has 48 heavy (non-hydrogen) atoms. The fourth-order valence-electron chi connectivity index (χ4n) is 6.00. The number of alkyl halides is 4. The fraction of sp³-hybridized carbons (Fsp3) is 0.226. The lowest BCUT2D eigenvalue weighted by atomic mass is 9.84. The van der Waals surface area contributed by atoms with Crippen molar-refractivity contribution in [3.05, 3.63) is 105 Å². The van der Waals surface area contributed by atoms with Gasteiger partial charge in [0.15, 0.2) is 10.1 Å². The summed E-state index contributed by atoms with van der Waals surface area (Å²) in [6.07, 6.45) is 0. The molecule has 0 unspecified atom stereocenters. The van der Waals surface area contributed by atoms with E-state index in [-0.39, 0.29) is 31.8 Å². The Morgan fingerprint density at radius 3 is 1.75 bits per heavy atom. The molecule has 1 aliphatic heterocycles. The molecule has 4 atom stereocenters. The summed E-state index contributed by atoms with van der Waals surface area (Å²) in [7, 11) is -4.18. The monoisotopic (exact) mass is 808 g/mol. The lowest BCUT2D eigenvalue weighted by Crippen LogP contribution is -2.56. The zero-order valence-corrected chi connectivity index (χ0v) is 30.2. The number of nitrogens with zero attached hydrogens (tertiary/aromatic N) is 2. The van der Waals surface area contributed by atoms with Crippen molar-refractivity contribution in [1.29, 1.82) is 0 Å². The maximum atomic E-state index is 14.1. The van der Waals surface area contributed by atoms with Gasteiger partial charge in [-0.25, -0.2) is 5.01 Å². The van der Waals surface area contributed by atoms with Crippen molar-refractivity contribution in [1.82, 2.24) is 10.0 Å². The average molecular weight is 812 g/mol. The van der Waals surface area contributed by atoms with Crippen LogP contribution < -0.4 is 4.18 Å². The highest BCUT2D eigenvalue weighted by Crippen LogP contribution is 2.77. The van der Waals surface area contributed by atoms with Crippen LogP contribution in [0.5, 0.6) is 5.75 Å². The Bertz CT molecular complexity index is 1990. The van der Waals surface area contributed by atoms with Crippen molar-refractivity contribution in [3.63, 3.8) is 0 Å². The highest BCUT2D eigenvalue weighted by Gasteiger charge is 2.88. The molecule has 3 aromatic carbocycles. The predicted molar refractivity (Wildman–Crippen MR) is 181 cm³/mol. The van der Waals surface area contributed by atoms with Gasteiger partial charge in [0.2, 0.25) is 0 Å². The largest absolute Gasteiger partial charge is 0.379 e. The molecule has 1 saturated heterocycles. The molecule has 9 nitrogen and oxygen atoms in total. The highest BCUT2D eigenvalue weighted by atomic mass is 35.5. The van der Waals surface area contributed by atoms with E-state index in [0.717, 1.165) is 5.56 Å². The Balaban J connectivity index is 1.31. The maximum absolute atomic E-state index is 14.1. The van der Waals surface area contributed by atoms with Crippen molar-refractivity contribution in [2.75, 3.05) is 6.54 Å². The number of fused-ring (bicyclic) bond motifs is 5. The molecule has 3 aliphatic rings. The molecule has 0 aromatic heterocycles. The van der Waals surface area contributed by atoms with E-state index < -0.39 is 66.1 Å². The summed E-state index contributed by atoms with van der Waals surface area (Å²) in [5.41, 5.74) is 0.810. The summed E-state index contributed by atoms with van der Waals surface area (Å²) in [5, 5.41) is 0.769. The molecule has 3 amide bonds. The van der Waals surface area contributed by atoms with E-state index >= 15 is 0 Å². The minimum atomic E-state index is -4.18. The van der Waals surface area contributed by atoms with Gasteiger partial charge in [-0.05, 0) is 67.6 Å². The molecule has 250 valence electrons. The van der Waals surface area contributed by atoms with Gasteiger partial charge in [-0.15, -0.1) is 23.2 Å². The van der Waals surface area contributed by atoms with Gasteiger partial charge in [0.1, 0.15) is 26.9 Å². The topological polar surface area (TPSA) is 118 Å². The van der Waals surface area contributed by atoms with Gasteiger partial charge in [0.05, 0.1) is 21.9 Å². The number of carbonyl (C=O) groups is 4. The first-order chi connectivity index (χ1) is 22.4. The quantitative estimate of drug-likeness (QED) is 0.103. The van der Waals surface area contributed by atoms with Crippen molar-refractivity contribution >= 4 is 115 Å². The number of halogens is 7. The maximum Gasteiger partial charge on any atom is 0.339 e. The molecule has 0 radical (unpaired) electrons. The van der Waals surface area contributed by atoms with Gasteiger partial charge in [0.25, 0.3) is 17.7 Å². The summed E-state index contributed by atoms with van der Waals surface area (Å²) in [6, 6.07) is 16.5. The number of aryl methyl sites for hydroxylation is 1. The molecule has 2 aliphatic carbocycles. The van der Waals surface area contributed by atoms with E-state index in [1.165, 1.54) is 60.7 Å². The summed E-state index contributed by atoms with van der Waals surface area (Å²) in [4.78, 5) is 51.3. The number of hydrogen-bond acceptors (Lipinski definition) is 7. The number of rotatable bonds is 8. The van der Waals surface area contributed by atoms with Crippen molar-refractivity contribution < 1.29 is 31.8 Å². The van der Waals surface area contributed by atoms with Crippen LogP contribution in [0, 0.1) is 18.8 Å². The van der Waals surface area contributed by atoms with Crippen molar-refractivity contribution in [2.45, 2.75) is 25.9 Å². The van der Waals surface area contributed by atoms with Crippen LogP contribution in [-0.4, -0.2) is 62.6 Å². The summed E-state index contributed by atoms with van der Waals surface area (Å²) >= 11 is 45.5. The van der Waals surface area contributed by atoms with Crippen LogP contribution >= 0.6 is 81.2 Å². The van der Waals surface area contributed by atoms with Crippen LogP contribution in [0.2, 0.25) is 5.02 Å². The van der Waals surface area contributed by atoms with Crippen molar-refractivity contribution in [2.24, 2.45) is 11.8 Å². The minimum absolute atomic E-state index is 0.0146. The third kappa shape index (κ3) is 5.06. The van der Waals surface area contributed by atoms with Crippen LogP contribution in [0.3, 0.4) is 0 Å². The number of imide groups is 1. The third-order valence-electron chi connectivity index (χ3n) is 8.44. The van der Waals surface area contributed by atoms with Crippen LogP contribution in [0.15, 0.2) is 87.8 Å². The molecule has 2 fully saturated rings. The number of hydrazine groups is 1. The molecular weight excluding hydrogens is 793 g/mol. The van der Waals surface area contributed by atoms with E-state index in [9.17, 15) is 27.6 Å². The Labute approximate surface area is 309 Å². The first-order valence-corrected chi connectivity index (χ1v) is 17.8. The number of hydrogen-bond donors (Lipinski definition) is 0. The van der Waals surface area contributed by atoms with E-state index in [0.29, 0.717) is 15.0 Å². The van der Waals surface area contributed by atoms with E-state index in [1.54, 1.807) is 19.1 Å². The molecule has 1 heterocycles. The van der Waals surface area contributed by atoms with Gasteiger partial charge in [-0.3, -0.25) is 19.2 Å². The van der Waals surface area contributed by atoms with Crippen LogP contribution in [0.25, 0.3) is 0 Å². The van der Waals surface area contributed by atoms with Gasteiger partial charge in [-0.1, -0.05) is 75.7 Å². The molecular formula is C31H19Cl7N2O7S. The first-order valence-electron chi connectivity index (χ1n) is 13.8. The average Bonchev–Trinajstić information content (AvgIpc) is 3.42. The van der Waals surface area contributed by atoms with Gasteiger partial charge in [-0.2, -0.15) is 13.4 Å². The van der Waals surface area contributed by atoms with Gasteiger partial charge in [0, 0.05) is 16.1 Å². The Kier molecular flexibility index (Phi) is 8.86. The summed E-state index contributed by atoms with van der Waals surface area (Å²) in [6.45, 7) is 0.962. The fourth-order valence-corrected chi connectivity index (χ4v) is 9.98. The number of ketones is 1. The van der Waals surface area contributed by atoms with Crippen molar-refractivity contribution in [3.8, 4) is 5.75 Å². The van der Waals surface area contributed by atoms with Crippen LogP contribution in [0.4, 0.5) is 0 Å². The first kappa shape index (κ1) is 35.3. The number of carbonyl (C=O) groups excluding carboxylic acids is 4. The van der Waals surface area contributed by atoms with E-state index in [2.05, 4.69) is 0 Å². The number of allylic oxidation sites excluding steroid dienone is 2. The smallest absolute Gasteiger partial charge is 0.339 e. The molecule has 0 N–H and O–H groups in total. The van der Waals surface area contributed by atoms with E-state index in [4.69, 9.17) is 85.4 Å². The minimum Gasteiger partial charge on any atom is -0.379 e. The second-order valence-corrected chi connectivity index (χ2v) is 16.5. The second kappa shape index (κ2) is 12.1. The predicted octanol–water partition coefficient (Wildman–Crippen LogP) is 7.10. The molecule has 3 aromatic rings. The molecule has 6 rings (SSSR count). The number of benzene rings is 3. The highest BCUT2D eigenvalue weighted by molar-refractivity contribution is 7.87. The standard InChI is InChI=1S/C31H19Cl7N2O7S/c1-15-2-12-20(13-3-15)48(45,46)47-19-10-6-16(7-11-19)21(41)14-39(26(42)17-4-8-18(32)9-5-17)40-27(43)22-23(28(40)44)30(36)25(34)24(33)29(22,35)31(30,37)38/h2-13,22-23H,14H2,1H3/t22-,23-,29-,30-/m1/s1. The summed E-state index contributed by atoms with van der Waals surface area (Å²) < 4.78 is 28.4. The lowest BCUT2D eigenvalue weighted by Gasteiger charge is -2.36. The summed E-state index contributed by atoms with van der Waals surface area (Å²) in [5.74, 6) is -6.98. The Morgan fingerprint density at radius 2 is 1.25 bits per heavy atom. The SMILES string of the molecule is Cc1ccc(S(=O)(=O)Oc2ccc(C(=O)CN(C(=O)c3ccc(Cl)cc3)N3C(=O)[C@H]4[C@H](C3=O)[C@@]3(Cl)C(Cl)=C(Cl)[C@@]4(Cl)C3(Cl)Cl)cc2)cc1. The number of amides is 3. The second-order valence-electron chi connectivity index (χ2n) is 11.2.